The van der Waals surface area contributed by atoms with Crippen LogP contribution in [0.2, 0.25) is 0 Å². The molecule has 126 valence electrons. The smallest absolute Gasteiger partial charge is 0.224 e. The van der Waals surface area contributed by atoms with Crippen molar-refractivity contribution in [3.05, 3.63) is 29.8 Å². The van der Waals surface area contributed by atoms with Crippen LogP contribution in [0.3, 0.4) is 0 Å². The van der Waals surface area contributed by atoms with Gasteiger partial charge in [-0.3, -0.25) is 4.79 Å². The first-order valence-electron chi connectivity index (χ1n) is 6.97. The molecule has 0 aromatic heterocycles. The van der Waals surface area contributed by atoms with E-state index < -0.39 is 14.6 Å². The Labute approximate surface area is 139 Å². The largest absolute Gasteiger partial charge is 0.330 e. The Morgan fingerprint density at radius 2 is 1.91 bits per heavy atom. The zero-order valence-electron chi connectivity index (χ0n) is 13.3. The molecule has 5 nitrogen and oxygen atoms in total. The molecule has 0 aliphatic carbocycles. The molecule has 1 aromatic rings. The van der Waals surface area contributed by atoms with E-state index in [4.69, 9.17) is 5.73 Å². The summed E-state index contributed by atoms with van der Waals surface area (Å²) in [6.07, 6.45) is 0.991. The van der Waals surface area contributed by atoms with Crippen molar-refractivity contribution < 1.29 is 13.2 Å². The Balaban J connectivity index is 0.00000441. The fourth-order valence-electron chi connectivity index (χ4n) is 1.66. The molecule has 3 N–H and O–H groups in total. The fourth-order valence-corrected chi connectivity index (χ4v) is 2.71. The van der Waals surface area contributed by atoms with E-state index in [0.717, 1.165) is 0 Å². The number of nitrogens with two attached hydrogens (primary N) is 1. The molecule has 0 heterocycles. The van der Waals surface area contributed by atoms with Crippen molar-refractivity contribution in [2.45, 2.75) is 44.1 Å². The number of benzene rings is 1. The second-order valence-electron chi connectivity index (χ2n) is 6.01. The second-order valence-corrected chi connectivity index (χ2v) is 8.76. The summed E-state index contributed by atoms with van der Waals surface area (Å²) in [4.78, 5) is 11.6. The van der Waals surface area contributed by atoms with Crippen LogP contribution >= 0.6 is 12.4 Å². The van der Waals surface area contributed by atoms with Crippen molar-refractivity contribution in [2.75, 3.05) is 11.9 Å². The zero-order chi connectivity index (χ0) is 16.1. The van der Waals surface area contributed by atoms with E-state index in [1.54, 1.807) is 45.0 Å². The van der Waals surface area contributed by atoms with Crippen LogP contribution in [-0.2, 0) is 20.4 Å². The quantitative estimate of drug-likeness (QED) is 0.826. The molecule has 0 radical (unpaired) electrons. The molecule has 0 aliphatic rings. The minimum atomic E-state index is -3.24. The number of rotatable bonds is 6. The van der Waals surface area contributed by atoms with Gasteiger partial charge in [-0.05, 0) is 51.4 Å². The Hall–Kier alpha value is -1.11. The highest BCUT2D eigenvalue weighted by atomic mass is 35.5. The maximum Gasteiger partial charge on any atom is 0.224 e. The van der Waals surface area contributed by atoms with E-state index in [2.05, 4.69) is 5.32 Å². The number of carbonyl (C=O) groups is 1. The summed E-state index contributed by atoms with van der Waals surface area (Å²) in [5.41, 5.74) is 6.64. The van der Waals surface area contributed by atoms with E-state index >= 15 is 0 Å². The minimum absolute atomic E-state index is 0. The van der Waals surface area contributed by atoms with Crippen LogP contribution in [0.5, 0.6) is 0 Å². The number of sulfone groups is 1. The Bertz CT molecular complexity index is 595. The lowest BCUT2D eigenvalue weighted by Gasteiger charge is -2.19. The first-order valence-corrected chi connectivity index (χ1v) is 8.62. The van der Waals surface area contributed by atoms with Crippen molar-refractivity contribution >= 4 is 33.8 Å². The van der Waals surface area contributed by atoms with E-state index in [0.29, 0.717) is 30.6 Å². The third-order valence-corrected chi connectivity index (χ3v) is 5.69. The molecular weight excluding hydrogens is 324 g/mol. The van der Waals surface area contributed by atoms with Crippen LogP contribution in [0, 0.1) is 0 Å². The fraction of sp³-hybridized carbons (Fsp3) is 0.533. The maximum atomic E-state index is 12.2. The molecule has 0 spiro atoms. The molecule has 1 rings (SSSR count). The topological polar surface area (TPSA) is 89.3 Å². The number of hydrogen-bond donors (Lipinski definition) is 2. The van der Waals surface area contributed by atoms with Gasteiger partial charge in [0.05, 0.1) is 10.5 Å². The molecule has 0 saturated heterocycles. The van der Waals surface area contributed by atoms with Gasteiger partial charge in [-0.15, -0.1) is 12.4 Å². The monoisotopic (exact) mass is 348 g/mol. The molecule has 0 unspecified atom stereocenters. The van der Waals surface area contributed by atoms with Crippen molar-refractivity contribution in [3.8, 4) is 0 Å². The van der Waals surface area contributed by atoms with E-state index in [1.807, 2.05) is 0 Å². The predicted molar refractivity (Wildman–Crippen MR) is 93.0 cm³/mol. The van der Waals surface area contributed by atoms with Gasteiger partial charge in [0.15, 0.2) is 9.84 Å². The highest BCUT2D eigenvalue weighted by Crippen LogP contribution is 2.22. The van der Waals surface area contributed by atoms with Crippen molar-refractivity contribution in [1.82, 2.24) is 0 Å². The zero-order valence-corrected chi connectivity index (χ0v) is 14.9. The highest BCUT2D eigenvalue weighted by Gasteiger charge is 2.28. The van der Waals surface area contributed by atoms with Crippen LogP contribution in [0.15, 0.2) is 24.3 Å². The second kappa shape index (κ2) is 8.50. The van der Waals surface area contributed by atoms with Gasteiger partial charge >= 0.3 is 0 Å². The highest BCUT2D eigenvalue weighted by molar-refractivity contribution is 7.91. The lowest BCUT2D eigenvalue weighted by atomic mass is 10.2. The van der Waals surface area contributed by atoms with Gasteiger partial charge < -0.3 is 11.1 Å². The molecule has 0 bridgehead atoms. The lowest BCUT2D eigenvalue weighted by Crippen LogP contribution is -2.29. The van der Waals surface area contributed by atoms with E-state index in [9.17, 15) is 13.2 Å². The van der Waals surface area contributed by atoms with Crippen LogP contribution in [0.25, 0.3) is 0 Å². The molecule has 22 heavy (non-hydrogen) atoms. The first kappa shape index (κ1) is 20.9. The normalized spacial score (nSPS) is 11.6. The lowest BCUT2D eigenvalue weighted by molar-refractivity contribution is -0.116. The van der Waals surface area contributed by atoms with Gasteiger partial charge in [0, 0.05) is 12.1 Å². The molecule has 0 aliphatic heterocycles. The van der Waals surface area contributed by atoms with E-state index in [1.165, 1.54) is 0 Å². The summed E-state index contributed by atoms with van der Waals surface area (Å²) < 4.78 is 23.6. The van der Waals surface area contributed by atoms with Crippen molar-refractivity contribution in [3.63, 3.8) is 0 Å². The molecule has 1 amide bonds. The standard InChI is InChI=1S/C15H24N2O3S.ClH/c1-15(2,3)21(19,20)11-12-6-4-7-13(10-12)17-14(18)8-5-9-16;/h4,6-7,10H,5,8-9,11,16H2,1-3H3,(H,17,18);1H. The number of amides is 1. The molecule has 0 saturated carbocycles. The number of carbonyl (C=O) groups excluding carboxylic acids is 1. The third-order valence-electron chi connectivity index (χ3n) is 3.11. The summed E-state index contributed by atoms with van der Waals surface area (Å²) in [5, 5.41) is 2.75. The third kappa shape index (κ3) is 6.34. The van der Waals surface area contributed by atoms with Crippen LogP contribution in [0.4, 0.5) is 5.69 Å². The number of nitrogens with one attached hydrogen (secondary N) is 1. The minimum Gasteiger partial charge on any atom is -0.330 e. The van der Waals surface area contributed by atoms with Crippen LogP contribution in [-0.4, -0.2) is 25.6 Å². The molecule has 7 heteroatoms. The van der Waals surface area contributed by atoms with E-state index in [-0.39, 0.29) is 24.1 Å². The summed E-state index contributed by atoms with van der Waals surface area (Å²) in [6.45, 7) is 5.51. The summed E-state index contributed by atoms with van der Waals surface area (Å²) in [5.74, 6) is -0.153. The average molecular weight is 349 g/mol. The van der Waals surface area contributed by atoms with Crippen molar-refractivity contribution in [1.29, 1.82) is 0 Å². The summed E-state index contributed by atoms with van der Waals surface area (Å²) in [6, 6.07) is 6.93. The molecule has 0 fully saturated rings. The Morgan fingerprint density at radius 3 is 2.45 bits per heavy atom. The Kier molecular flexibility index (Phi) is 8.07. The number of anilines is 1. The van der Waals surface area contributed by atoms with Gasteiger partial charge in [-0.25, -0.2) is 8.42 Å². The number of hydrogen-bond acceptors (Lipinski definition) is 4. The van der Waals surface area contributed by atoms with Gasteiger partial charge in [0.1, 0.15) is 0 Å². The summed E-state index contributed by atoms with van der Waals surface area (Å²) in [7, 11) is -3.24. The molecule has 1 aromatic carbocycles. The van der Waals surface area contributed by atoms with Crippen LogP contribution < -0.4 is 11.1 Å². The van der Waals surface area contributed by atoms with Gasteiger partial charge in [0.25, 0.3) is 0 Å². The van der Waals surface area contributed by atoms with Gasteiger partial charge in [-0.2, -0.15) is 0 Å². The molecule has 0 atom stereocenters. The molecular formula is C15H25ClN2O3S. The number of halogens is 1. The average Bonchev–Trinajstić information content (AvgIpc) is 2.34. The maximum absolute atomic E-state index is 12.2. The summed E-state index contributed by atoms with van der Waals surface area (Å²) >= 11 is 0. The SMILES string of the molecule is CC(C)(C)S(=O)(=O)Cc1cccc(NC(=O)CCCN)c1.Cl. The Morgan fingerprint density at radius 1 is 1.27 bits per heavy atom. The first-order chi connectivity index (χ1) is 9.65. The van der Waals surface area contributed by atoms with Crippen LogP contribution in [0.1, 0.15) is 39.2 Å². The predicted octanol–water partition coefficient (Wildman–Crippen LogP) is 2.50. The van der Waals surface area contributed by atoms with Gasteiger partial charge in [-0.1, -0.05) is 12.1 Å². The van der Waals surface area contributed by atoms with Crippen molar-refractivity contribution in [2.24, 2.45) is 5.73 Å². The van der Waals surface area contributed by atoms with Gasteiger partial charge in [0.2, 0.25) is 5.91 Å².